The molecule has 0 spiro atoms. The monoisotopic (exact) mass is 975 g/mol. The van der Waals surface area contributed by atoms with Crippen LogP contribution in [0.3, 0.4) is 0 Å². The summed E-state index contributed by atoms with van der Waals surface area (Å²) in [4.78, 5) is 25.4. The number of amides is 1. The van der Waals surface area contributed by atoms with Gasteiger partial charge in [0.05, 0.1) is 39.9 Å². The molecule has 1 amide bonds. The van der Waals surface area contributed by atoms with E-state index in [0.29, 0.717) is 17.4 Å². The number of quaternary nitrogens is 1. The molecule has 0 fully saturated rings. The van der Waals surface area contributed by atoms with Gasteiger partial charge >= 0.3 is 0 Å². The molecule has 0 aromatic carbocycles. The fourth-order valence-electron chi connectivity index (χ4n) is 8.24. The third-order valence-corrected chi connectivity index (χ3v) is 13.7. The van der Waals surface area contributed by atoms with Crippen molar-refractivity contribution in [3.8, 4) is 0 Å². The third kappa shape index (κ3) is 52.0. The van der Waals surface area contributed by atoms with E-state index in [9.17, 15) is 19.4 Å². The molecule has 0 saturated heterocycles. The summed E-state index contributed by atoms with van der Waals surface area (Å²) < 4.78 is 23.3. The van der Waals surface area contributed by atoms with Crippen LogP contribution in [0.4, 0.5) is 0 Å². The van der Waals surface area contributed by atoms with E-state index in [1.54, 1.807) is 6.08 Å². The van der Waals surface area contributed by atoms with Gasteiger partial charge in [-0.3, -0.25) is 9.36 Å². The topological polar surface area (TPSA) is 108 Å². The fourth-order valence-corrected chi connectivity index (χ4v) is 8.97. The zero-order valence-corrected chi connectivity index (χ0v) is 46.2. The van der Waals surface area contributed by atoms with E-state index < -0.39 is 26.6 Å². The van der Waals surface area contributed by atoms with Crippen LogP contribution in [0.25, 0.3) is 0 Å². The van der Waals surface area contributed by atoms with Crippen molar-refractivity contribution in [1.29, 1.82) is 0 Å². The van der Waals surface area contributed by atoms with Crippen LogP contribution >= 0.6 is 7.82 Å². The van der Waals surface area contributed by atoms with Crippen molar-refractivity contribution in [3.05, 3.63) is 60.8 Å². The first-order chi connectivity index (χ1) is 33.0. The molecule has 9 heteroatoms. The van der Waals surface area contributed by atoms with Gasteiger partial charge in [-0.1, -0.05) is 248 Å². The van der Waals surface area contributed by atoms with Gasteiger partial charge in [0, 0.05) is 6.42 Å². The van der Waals surface area contributed by atoms with E-state index in [2.05, 4.69) is 67.8 Å². The first kappa shape index (κ1) is 66.2. The van der Waals surface area contributed by atoms with Gasteiger partial charge in [0.1, 0.15) is 13.2 Å². The molecule has 0 rings (SSSR count). The fraction of sp³-hybridized carbons (Fsp3) is 0.814. The molecule has 3 atom stereocenters. The summed E-state index contributed by atoms with van der Waals surface area (Å²) in [6, 6.07) is -0.912. The van der Waals surface area contributed by atoms with Gasteiger partial charge in [0.15, 0.2) is 0 Å². The number of aliphatic hydroxyl groups is 1. The summed E-state index contributed by atoms with van der Waals surface area (Å²) >= 11 is 0. The zero-order chi connectivity index (χ0) is 49.9. The summed E-state index contributed by atoms with van der Waals surface area (Å²) in [6.45, 7) is 4.53. The second-order valence-electron chi connectivity index (χ2n) is 20.6. The lowest BCUT2D eigenvalue weighted by Crippen LogP contribution is -2.45. The van der Waals surface area contributed by atoms with Gasteiger partial charge in [-0.25, -0.2) is 0 Å². The van der Waals surface area contributed by atoms with Crippen LogP contribution in [0.1, 0.15) is 258 Å². The number of likely N-dealkylation sites (N-methyl/N-ethyl adjacent to an activating group) is 1. The van der Waals surface area contributed by atoms with E-state index in [1.807, 2.05) is 27.2 Å². The number of aliphatic hydroxyl groups excluding tert-OH is 1. The molecule has 0 aliphatic carbocycles. The Morgan fingerprint density at radius 2 is 0.912 bits per heavy atom. The predicted octanol–water partition coefficient (Wildman–Crippen LogP) is 16.7. The van der Waals surface area contributed by atoms with Crippen molar-refractivity contribution in [3.63, 3.8) is 0 Å². The molecule has 0 radical (unpaired) electrons. The van der Waals surface area contributed by atoms with Crippen LogP contribution < -0.4 is 10.2 Å². The van der Waals surface area contributed by atoms with E-state index in [0.717, 1.165) is 70.6 Å². The lowest BCUT2D eigenvalue weighted by molar-refractivity contribution is -0.870. The lowest BCUT2D eigenvalue weighted by Gasteiger charge is -2.29. The number of rotatable bonds is 52. The molecular weight excluding hydrogens is 864 g/mol. The highest BCUT2D eigenvalue weighted by atomic mass is 31.2. The maximum absolute atomic E-state index is 12.9. The van der Waals surface area contributed by atoms with E-state index in [1.165, 1.54) is 167 Å². The molecule has 0 aromatic heterocycles. The molecular formula is C59H111N2O6P. The van der Waals surface area contributed by atoms with Crippen molar-refractivity contribution in [2.24, 2.45) is 0 Å². The minimum Gasteiger partial charge on any atom is -0.756 e. The lowest BCUT2D eigenvalue weighted by atomic mass is 10.0. The van der Waals surface area contributed by atoms with E-state index in [-0.39, 0.29) is 12.5 Å². The van der Waals surface area contributed by atoms with Crippen LogP contribution in [-0.2, 0) is 18.4 Å². The third-order valence-electron chi connectivity index (χ3n) is 12.7. The largest absolute Gasteiger partial charge is 0.756 e. The number of allylic oxidation sites excluding steroid dienone is 9. The summed E-state index contributed by atoms with van der Waals surface area (Å²) in [7, 11) is 1.23. The Hall–Kier alpha value is -1.80. The number of nitrogens with zero attached hydrogens (tertiary/aromatic N) is 1. The molecule has 0 bridgehead atoms. The predicted molar refractivity (Wildman–Crippen MR) is 293 cm³/mol. The average Bonchev–Trinajstić information content (AvgIpc) is 3.30. The van der Waals surface area contributed by atoms with Gasteiger partial charge in [-0.15, -0.1) is 0 Å². The highest BCUT2D eigenvalue weighted by molar-refractivity contribution is 7.45. The highest BCUT2D eigenvalue weighted by Gasteiger charge is 2.23. The number of nitrogens with one attached hydrogen (secondary N) is 1. The Morgan fingerprint density at radius 1 is 0.529 bits per heavy atom. The molecule has 68 heavy (non-hydrogen) atoms. The Bertz CT molecular complexity index is 1290. The molecule has 8 nitrogen and oxygen atoms in total. The summed E-state index contributed by atoms with van der Waals surface area (Å²) in [5.74, 6) is -0.217. The first-order valence-electron chi connectivity index (χ1n) is 28.7. The number of phosphoric acid groups is 1. The maximum atomic E-state index is 12.9. The number of hydrogen-bond donors (Lipinski definition) is 2. The number of phosphoric ester groups is 1. The van der Waals surface area contributed by atoms with Crippen molar-refractivity contribution < 1.29 is 32.9 Å². The molecule has 3 unspecified atom stereocenters. The molecule has 2 N–H and O–H groups in total. The Balaban J connectivity index is 4.21. The van der Waals surface area contributed by atoms with Crippen molar-refractivity contribution in [2.75, 3.05) is 40.9 Å². The molecule has 0 saturated carbocycles. The summed E-state index contributed by atoms with van der Waals surface area (Å²) in [5.41, 5.74) is 0. The van der Waals surface area contributed by atoms with Gasteiger partial charge in [-0.05, 0) is 64.2 Å². The minimum absolute atomic E-state index is 0.0105. The Labute approximate surface area is 422 Å². The van der Waals surface area contributed by atoms with E-state index >= 15 is 0 Å². The molecule has 0 heterocycles. The number of carbonyl (C=O) groups excluding carboxylic acids is 1. The van der Waals surface area contributed by atoms with Crippen molar-refractivity contribution in [1.82, 2.24) is 5.32 Å². The maximum Gasteiger partial charge on any atom is 0.268 e. The molecule has 398 valence electrons. The Morgan fingerprint density at radius 3 is 1.37 bits per heavy atom. The standard InChI is InChI=1S/C59H111N2O6P/c1-6-8-10-12-14-16-18-20-22-24-25-26-27-28-29-30-31-32-33-34-35-37-38-40-42-44-46-48-50-52-58(62)57(56-67-68(64,65)66-55-54-61(3,4)5)60-59(63)53-51-49-47-45-43-41-39-36-23-21-19-17-15-13-11-9-7-2/h9,11,15,17,21,23,42,44,50,52,57-58,62H,6-8,10,12-14,16,18-20,22,24-41,43,45-49,51,53-56H2,1-5H3,(H-,60,63,64,65)/b11-9-,17-15-,23-21-,44-42+,52-50+. The SMILES string of the molecule is CC/C=C\C/C=C\C/C=C\CCCCCCCCCC(=O)NC(COP(=O)([O-])OCC[N+](C)(C)C)C(O)/C=C/CC/C=C/CCCCCCCCCCCCCCCCCCCCCCCCC. The quantitative estimate of drug-likeness (QED) is 0.0272. The van der Waals surface area contributed by atoms with Crippen molar-refractivity contribution >= 4 is 13.7 Å². The van der Waals surface area contributed by atoms with Gasteiger partial charge in [0.2, 0.25) is 5.91 Å². The van der Waals surface area contributed by atoms with Crippen LogP contribution in [0.15, 0.2) is 60.8 Å². The van der Waals surface area contributed by atoms with E-state index in [4.69, 9.17) is 9.05 Å². The zero-order valence-electron chi connectivity index (χ0n) is 45.3. The second-order valence-corrected chi connectivity index (χ2v) is 22.0. The second kappa shape index (κ2) is 50.2. The number of carbonyl (C=O) groups is 1. The number of hydrogen-bond acceptors (Lipinski definition) is 6. The Kier molecular flexibility index (Phi) is 48.8. The molecule has 0 aliphatic heterocycles. The van der Waals surface area contributed by atoms with Gasteiger partial charge in [-0.2, -0.15) is 0 Å². The first-order valence-corrected chi connectivity index (χ1v) is 30.1. The van der Waals surface area contributed by atoms with Gasteiger partial charge in [0.25, 0.3) is 7.82 Å². The van der Waals surface area contributed by atoms with Gasteiger partial charge < -0.3 is 28.8 Å². The average molecular weight is 976 g/mol. The molecule has 0 aliphatic rings. The smallest absolute Gasteiger partial charge is 0.268 e. The van der Waals surface area contributed by atoms with Crippen LogP contribution in [0, 0.1) is 0 Å². The summed E-state index contributed by atoms with van der Waals surface area (Å²) in [6.07, 6.45) is 67.4. The number of unbranched alkanes of at least 4 members (excludes halogenated alkanes) is 31. The van der Waals surface area contributed by atoms with Crippen LogP contribution in [-0.4, -0.2) is 68.5 Å². The summed E-state index contributed by atoms with van der Waals surface area (Å²) in [5, 5.41) is 13.9. The minimum atomic E-state index is -4.61. The normalized spacial score (nSPS) is 14.4. The molecule has 0 aromatic rings. The highest BCUT2D eigenvalue weighted by Crippen LogP contribution is 2.38. The van der Waals surface area contributed by atoms with Crippen LogP contribution in [0.2, 0.25) is 0 Å². The van der Waals surface area contributed by atoms with Crippen molar-refractivity contribution in [2.45, 2.75) is 270 Å². The van der Waals surface area contributed by atoms with Crippen LogP contribution in [0.5, 0.6) is 0 Å².